The van der Waals surface area contributed by atoms with Crippen LogP contribution in [0.1, 0.15) is 44.7 Å². The molecule has 0 aliphatic heterocycles. The summed E-state index contributed by atoms with van der Waals surface area (Å²) in [7, 11) is 0. The first-order chi connectivity index (χ1) is 6.99. The molecule has 0 amide bonds. The van der Waals surface area contributed by atoms with Gasteiger partial charge in [-0.2, -0.15) is 0 Å². The Hall–Kier alpha value is -1.22. The van der Waals surface area contributed by atoms with Crippen LogP contribution in [0.5, 0.6) is 0 Å². The molecule has 1 aliphatic carbocycles. The normalized spacial score (nSPS) is 18.3. The van der Waals surface area contributed by atoms with Crippen LogP contribution in [0.25, 0.3) is 0 Å². The van der Waals surface area contributed by atoms with Crippen molar-refractivity contribution in [2.75, 3.05) is 0 Å². The van der Waals surface area contributed by atoms with E-state index in [2.05, 4.69) is 44.9 Å². The Balaban J connectivity index is 2.43. The highest BCUT2D eigenvalue weighted by atomic mass is 14.6. The third-order valence-corrected chi connectivity index (χ3v) is 3.77. The van der Waals surface area contributed by atoms with Crippen molar-refractivity contribution in [3.63, 3.8) is 0 Å². The van der Waals surface area contributed by atoms with Gasteiger partial charge in [0.05, 0.1) is 0 Å². The highest BCUT2D eigenvalue weighted by Crippen LogP contribution is 2.59. The second-order valence-corrected chi connectivity index (χ2v) is 5.56. The number of hydrogen-bond donors (Lipinski definition) is 0. The van der Waals surface area contributed by atoms with Gasteiger partial charge in [-0.3, -0.25) is 0 Å². The van der Waals surface area contributed by atoms with Crippen LogP contribution in [0.15, 0.2) is 24.3 Å². The minimum atomic E-state index is 0.334. The molecule has 0 spiro atoms. The average molecular weight is 198 g/mol. The standard InChI is InChI=1S/C15H18/c1-5-12-7-6-8-13(11-12)15(9-10-15)14(2,3)4/h1,6-8,11H,9-10H2,2-4H3. The van der Waals surface area contributed by atoms with E-state index in [9.17, 15) is 0 Å². The topological polar surface area (TPSA) is 0 Å². The van der Waals surface area contributed by atoms with Crippen LogP contribution in [-0.2, 0) is 5.41 Å². The third-order valence-electron chi connectivity index (χ3n) is 3.77. The molecular weight excluding hydrogens is 180 g/mol. The summed E-state index contributed by atoms with van der Waals surface area (Å²) in [6, 6.07) is 8.48. The smallest absolute Gasteiger partial charge is 0.0245 e. The van der Waals surface area contributed by atoms with Gasteiger partial charge in [-0.25, -0.2) is 0 Å². The first-order valence-electron chi connectivity index (χ1n) is 5.57. The Morgan fingerprint density at radius 3 is 2.40 bits per heavy atom. The van der Waals surface area contributed by atoms with Gasteiger partial charge >= 0.3 is 0 Å². The molecule has 0 nitrogen and oxygen atoms in total. The molecule has 0 N–H and O–H groups in total. The summed E-state index contributed by atoms with van der Waals surface area (Å²) in [5.74, 6) is 2.72. The lowest BCUT2D eigenvalue weighted by Gasteiger charge is -2.31. The van der Waals surface area contributed by atoms with Crippen molar-refractivity contribution in [3.05, 3.63) is 35.4 Å². The van der Waals surface area contributed by atoms with Crippen molar-refractivity contribution >= 4 is 0 Å². The molecule has 1 aromatic carbocycles. The van der Waals surface area contributed by atoms with Gasteiger partial charge in [-0.1, -0.05) is 38.8 Å². The Labute approximate surface area is 92.7 Å². The van der Waals surface area contributed by atoms with Crippen molar-refractivity contribution in [2.24, 2.45) is 5.41 Å². The van der Waals surface area contributed by atoms with Gasteiger partial charge in [-0.15, -0.1) is 6.42 Å². The molecule has 0 aromatic heterocycles. The maximum Gasteiger partial charge on any atom is 0.0245 e. The summed E-state index contributed by atoms with van der Waals surface area (Å²) in [6.07, 6.45) is 8.03. The fourth-order valence-electron chi connectivity index (χ4n) is 2.50. The first-order valence-corrected chi connectivity index (χ1v) is 5.57. The Kier molecular flexibility index (Phi) is 2.15. The van der Waals surface area contributed by atoms with Crippen LogP contribution in [0.3, 0.4) is 0 Å². The third kappa shape index (κ3) is 1.57. The van der Waals surface area contributed by atoms with Crippen molar-refractivity contribution in [3.8, 4) is 12.3 Å². The predicted octanol–water partition coefficient (Wildman–Crippen LogP) is 3.75. The van der Waals surface area contributed by atoms with Crippen molar-refractivity contribution in [2.45, 2.75) is 39.0 Å². The average Bonchev–Trinajstić information content (AvgIpc) is 2.97. The van der Waals surface area contributed by atoms with E-state index in [1.54, 1.807) is 0 Å². The summed E-state index contributed by atoms with van der Waals surface area (Å²) < 4.78 is 0. The molecule has 2 rings (SSSR count). The van der Waals surface area contributed by atoms with Crippen molar-refractivity contribution in [1.82, 2.24) is 0 Å². The largest absolute Gasteiger partial charge is 0.115 e. The molecule has 0 heterocycles. The van der Waals surface area contributed by atoms with Gasteiger partial charge in [0, 0.05) is 11.0 Å². The van der Waals surface area contributed by atoms with E-state index in [0.717, 1.165) is 5.56 Å². The fourth-order valence-corrected chi connectivity index (χ4v) is 2.50. The van der Waals surface area contributed by atoms with E-state index in [1.807, 2.05) is 6.07 Å². The Morgan fingerprint density at radius 1 is 1.27 bits per heavy atom. The predicted molar refractivity (Wildman–Crippen MR) is 64.7 cm³/mol. The second kappa shape index (κ2) is 3.14. The second-order valence-electron chi connectivity index (χ2n) is 5.56. The number of terminal acetylenes is 1. The quantitative estimate of drug-likeness (QED) is 0.603. The van der Waals surface area contributed by atoms with E-state index in [-0.39, 0.29) is 0 Å². The molecule has 0 radical (unpaired) electrons. The SMILES string of the molecule is C#Cc1cccc(C2(C(C)(C)C)CC2)c1. The fraction of sp³-hybridized carbons (Fsp3) is 0.467. The maximum absolute atomic E-state index is 5.44. The summed E-state index contributed by atoms with van der Waals surface area (Å²) in [6.45, 7) is 6.97. The van der Waals surface area contributed by atoms with Gasteiger partial charge < -0.3 is 0 Å². The van der Waals surface area contributed by atoms with E-state index in [4.69, 9.17) is 6.42 Å². The lowest BCUT2D eigenvalue weighted by molar-refractivity contribution is 0.299. The summed E-state index contributed by atoms with van der Waals surface area (Å²) in [5.41, 5.74) is 3.13. The lowest BCUT2D eigenvalue weighted by Crippen LogP contribution is -2.26. The maximum atomic E-state index is 5.44. The highest BCUT2D eigenvalue weighted by molar-refractivity contribution is 5.42. The summed E-state index contributed by atoms with van der Waals surface area (Å²) in [4.78, 5) is 0. The Bertz CT molecular complexity index is 408. The molecule has 1 fully saturated rings. The van der Waals surface area contributed by atoms with Crippen LogP contribution in [0, 0.1) is 17.8 Å². The molecule has 1 aliphatic rings. The Morgan fingerprint density at radius 2 is 1.93 bits per heavy atom. The van der Waals surface area contributed by atoms with Crippen LogP contribution < -0.4 is 0 Å². The lowest BCUT2D eigenvalue weighted by atomic mass is 9.73. The molecule has 1 saturated carbocycles. The van der Waals surface area contributed by atoms with E-state index >= 15 is 0 Å². The van der Waals surface area contributed by atoms with Gasteiger partial charge in [-0.05, 0) is 36.0 Å². The van der Waals surface area contributed by atoms with Crippen LogP contribution >= 0.6 is 0 Å². The zero-order valence-electron chi connectivity index (χ0n) is 9.80. The van der Waals surface area contributed by atoms with Gasteiger partial charge in [0.1, 0.15) is 0 Å². The van der Waals surface area contributed by atoms with E-state index in [1.165, 1.54) is 18.4 Å². The summed E-state index contributed by atoms with van der Waals surface area (Å²) in [5, 5.41) is 0. The van der Waals surface area contributed by atoms with Crippen LogP contribution in [0.2, 0.25) is 0 Å². The number of hydrogen-bond acceptors (Lipinski definition) is 0. The van der Waals surface area contributed by atoms with Crippen molar-refractivity contribution < 1.29 is 0 Å². The molecule has 0 saturated heterocycles. The van der Waals surface area contributed by atoms with Gasteiger partial charge in [0.15, 0.2) is 0 Å². The zero-order valence-corrected chi connectivity index (χ0v) is 9.80. The van der Waals surface area contributed by atoms with Crippen molar-refractivity contribution in [1.29, 1.82) is 0 Å². The van der Waals surface area contributed by atoms with E-state index < -0.39 is 0 Å². The molecule has 0 heteroatoms. The van der Waals surface area contributed by atoms with Crippen LogP contribution in [0.4, 0.5) is 0 Å². The zero-order chi connectivity index (χ0) is 11.1. The highest BCUT2D eigenvalue weighted by Gasteiger charge is 2.52. The number of benzene rings is 1. The molecule has 0 bridgehead atoms. The molecule has 15 heavy (non-hydrogen) atoms. The molecule has 1 aromatic rings. The minimum Gasteiger partial charge on any atom is -0.115 e. The monoisotopic (exact) mass is 198 g/mol. The number of rotatable bonds is 1. The van der Waals surface area contributed by atoms with E-state index in [0.29, 0.717) is 10.8 Å². The molecular formula is C15H18. The van der Waals surface area contributed by atoms with Crippen LogP contribution in [-0.4, -0.2) is 0 Å². The first kappa shape index (κ1) is 10.3. The summed E-state index contributed by atoms with van der Waals surface area (Å²) >= 11 is 0. The van der Waals surface area contributed by atoms with Gasteiger partial charge in [0.25, 0.3) is 0 Å². The molecule has 0 atom stereocenters. The minimum absolute atomic E-state index is 0.334. The molecule has 78 valence electrons. The van der Waals surface area contributed by atoms with Gasteiger partial charge in [0.2, 0.25) is 0 Å². The molecule has 0 unspecified atom stereocenters.